The lowest BCUT2D eigenvalue weighted by atomic mass is 9.88. The standard InChI is InChI=1S/C25H32N2O/c28-25(27-15-13-24(14-16-27)26-19-21-11-12-21)18-23(22-9-5-2-6-10-22)17-20-7-3-1-4-8-20/h1-10,21,23-24,26H,11-19H2. The molecule has 1 amide bonds. The molecule has 2 fully saturated rings. The summed E-state index contributed by atoms with van der Waals surface area (Å²) in [5.74, 6) is 1.47. The van der Waals surface area contributed by atoms with E-state index >= 15 is 0 Å². The molecule has 3 heteroatoms. The average Bonchev–Trinajstić information content (AvgIpc) is 3.58. The molecule has 1 unspecified atom stereocenters. The zero-order valence-electron chi connectivity index (χ0n) is 16.7. The Labute approximate surface area is 169 Å². The number of nitrogens with zero attached hydrogens (tertiary/aromatic N) is 1. The van der Waals surface area contributed by atoms with Gasteiger partial charge in [-0.2, -0.15) is 0 Å². The molecule has 2 aromatic carbocycles. The number of likely N-dealkylation sites (tertiary alicyclic amines) is 1. The molecular weight excluding hydrogens is 344 g/mol. The molecule has 3 nitrogen and oxygen atoms in total. The predicted octanol–water partition coefficient (Wildman–Crippen LogP) is 4.39. The topological polar surface area (TPSA) is 32.3 Å². The van der Waals surface area contributed by atoms with Crippen LogP contribution < -0.4 is 5.32 Å². The van der Waals surface area contributed by atoms with Crippen LogP contribution in [0.2, 0.25) is 0 Å². The van der Waals surface area contributed by atoms with Crippen LogP contribution in [-0.2, 0) is 11.2 Å². The second-order valence-corrected chi connectivity index (χ2v) is 8.51. The number of benzene rings is 2. The Morgan fingerprint density at radius 1 is 0.929 bits per heavy atom. The number of piperidine rings is 1. The van der Waals surface area contributed by atoms with Gasteiger partial charge >= 0.3 is 0 Å². The molecule has 1 saturated carbocycles. The molecule has 0 bridgehead atoms. The second kappa shape index (κ2) is 9.38. The fraction of sp³-hybridized carbons (Fsp3) is 0.480. The fourth-order valence-electron chi connectivity index (χ4n) is 4.26. The minimum absolute atomic E-state index is 0.238. The first kappa shape index (κ1) is 19.2. The van der Waals surface area contributed by atoms with Crippen LogP contribution in [0.3, 0.4) is 0 Å². The molecule has 1 aliphatic heterocycles. The summed E-state index contributed by atoms with van der Waals surface area (Å²) in [6.07, 6.45) is 6.48. The van der Waals surface area contributed by atoms with Crippen molar-refractivity contribution in [3.63, 3.8) is 0 Å². The molecular formula is C25H32N2O. The minimum atomic E-state index is 0.238. The van der Waals surface area contributed by atoms with E-state index in [0.29, 0.717) is 18.4 Å². The number of rotatable bonds is 8. The Bertz CT molecular complexity index is 734. The summed E-state index contributed by atoms with van der Waals surface area (Å²) in [6.45, 7) is 2.97. The van der Waals surface area contributed by atoms with E-state index in [1.807, 2.05) is 12.1 Å². The highest BCUT2D eigenvalue weighted by molar-refractivity contribution is 5.77. The maximum absolute atomic E-state index is 13.1. The molecule has 1 aliphatic carbocycles. The summed E-state index contributed by atoms with van der Waals surface area (Å²) in [5.41, 5.74) is 2.56. The van der Waals surface area contributed by atoms with Crippen LogP contribution >= 0.6 is 0 Å². The lowest BCUT2D eigenvalue weighted by Crippen LogP contribution is -2.45. The van der Waals surface area contributed by atoms with Crippen molar-refractivity contribution in [1.82, 2.24) is 10.2 Å². The van der Waals surface area contributed by atoms with Gasteiger partial charge in [-0.15, -0.1) is 0 Å². The summed E-state index contributed by atoms with van der Waals surface area (Å²) in [6, 6.07) is 21.7. The van der Waals surface area contributed by atoms with E-state index in [4.69, 9.17) is 0 Å². The third-order valence-corrected chi connectivity index (χ3v) is 6.26. The van der Waals surface area contributed by atoms with Gasteiger partial charge in [0.05, 0.1) is 0 Å². The molecule has 0 spiro atoms. The SMILES string of the molecule is O=C(CC(Cc1ccccc1)c1ccccc1)N1CCC(NCC2CC2)CC1. The van der Waals surface area contributed by atoms with Crippen molar-refractivity contribution in [2.24, 2.45) is 5.92 Å². The number of amides is 1. The molecule has 1 atom stereocenters. The fourth-order valence-corrected chi connectivity index (χ4v) is 4.26. The summed E-state index contributed by atoms with van der Waals surface area (Å²) in [7, 11) is 0. The van der Waals surface area contributed by atoms with Crippen molar-refractivity contribution in [1.29, 1.82) is 0 Å². The van der Waals surface area contributed by atoms with Crippen molar-refractivity contribution in [2.45, 2.75) is 50.5 Å². The van der Waals surface area contributed by atoms with Gasteiger partial charge in [0, 0.05) is 25.6 Å². The highest BCUT2D eigenvalue weighted by Gasteiger charge is 2.27. The zero-order valence-corrected chi connectivity index (χ0v) is 16.7. The van der Waals surface area contributed by atoms with Gasteiger partial charge in [0.2, 0.25) is 5.91 Å². The van der Waals surface area contributed by atoms with Crippen LogP contribution in [0.15, 0.2) is 60.7 Å². The van der Waals surface area contributed by atoms with Crippen molar-refractivity contribution in [2.75, 3.05) is 19.6 Å². The van der Waals surface area contributed by atoms with Gasteiger partial charge in [-0.1, -0.05) is 60.7 Å². The Balaban J connectivity index is 1.34. The number of carbonyl (C=O) groups excluding carboxylic acids is 1. The molecule has 1 saturated heterocycles. The summed E-state index contributed by atoms with van der Waals surface area (Å²) >= 11 is 0. The molecule has 4 rings (SSSR count). The van der Waals surface area contributed by atoms with E-state index in [2.05, 4.69) is 58.7 Å². The van der Waals surface area contributed by atoms with E-state index in [1.54, 1.807) is 0 Å². The van der Waals surface area contributed by atoms with E-state index in [-0.39, 0.29) is 5.92 Å². The maximum atomic E-state index is 13.1. The summed E-state index contributed by atoms with van der Waals surface area (Å²) in [4.78, 5) is 15.2. The number of hydrogen-bond donors (Lipinski definition) is 1. The van der Waals surface area contributed by atoms with E-state index in [9.17, 15) is 4.79 Å². The van der Waals surface area contributed by atoms with Gasteiger partial charge in [0.25, 0.3) is 0 Å². The second-order valence-electron chi connectivity index (χ2n) is 8.51. The van der Waals surface area contributed by atoms with Crippen molar-refractivity contribution in [3.05, 3.63) is 71.8 Å². The molecule has 0 aromatic heterocycles. The van der Waals surface area contributed by atoms with Gasteiger partial charge < -0.3 is 10.2 Å². The van der Waals surface area contributed by atoms with Gasteiger partial charge in [-0.3, -0.25) is 4.79 Å². The molecule has 28 heavy (non-hydrogen) atoms. The lowest BCUT2D eigenvalue weighted by Gasteiger charge is -2.33. The first-order valence-electron chi connectivity index (χ1n) is 10.9. The molecule has 1 N–H and O–H groups in total. The van der Waals surface area contributed by atoms with Crippen molar-refractivity contribution >= 4 is 5.91 Å². The van der Waals surface area contributed by atoms with Crippen LogP contribution in [0.25, 0.3) is 0 Å². The first-order valence-corrected chi connectivity index (χ1v) is 10.9. The number of hydrogen-bond acceptors (Lipinski definition) is 2. The Kier molecular flexibility index (Phi) is 6.43. The van der Waals surface area contributed by atoms with Gasteiger partial charge in [0.15, 0.2) is 0 Å². The van der Waals surface area contributed by atoms with Crippen LogP contribution in [0.4, 0.5) is 0 Å². The Hall–Kier alpha value is -2.13. The lowest BCUT2D eigenvalue weighted by molar-refractivity contribution is -0.132. The molecule has 2 aliphatic rings. The zero-order chi connectivity index (χ0) is 19.2. The van der Waals surface area contributed by atoms with E-state index in [1.165, 1.54) is 30.5 Å². The summed E-state index contributed by atoms with van der Waals surface area (Å²) < 4.78 is 0. The van der Waals surface area contributed by atoms with Gasteiger partial charge in [-0.25, -0.2) is 0 Å². The van der Waals surface area contributed by atoms with E-state index in [0.717, 1.165) is 38.3 Å². The predicted molar refractivity (Wildman–Crippen MR) is 114 cm³/mol. The highest BCUT2D eigenvalue weighted by Crippen LogP contribution is 2.29. The monoisotopic (exact) mass is 376 g/mol. The van der Waals surface area contributed by atoms with E-state index < -0.39 is 0 Å². The van der Waals surface area contributed by atoms with Crippen LogP contribution in [0.1, 0.15) is 49.1 Å². The number of carbonyl (C=O) groups is 1. The minimum Gasteiger partial charge on any atom is -0.343 e. The maximum Gasteiger partial charge on any atom is 0.223 e. The smallest absolute Gasteiger partial charge is 0.223 e. The Morgan fingerprint density at radius 3 is 2.21 bits per heavy atom. The van der Waals surface area contributed by atoms with Gasteiger partial charge in [0.1, 0.15) is 0 Å². The highest BCUT2D eigenvalue weighted by atomic mass is 16.2. The molecule has 1 heterocycles. The van der Waals surface area contributed by atoms with Gasteiger partial charge in [-0.05, 0) is 61.6 Å². The third kappa shape index (κ3) is 5.45. The van der Waals surface area contributed by atoms with Crippen LogP contribution in [0.5, 0.6) is 0 Å². The third-order valence-electron chi connectivity index (χ3n) is 6.26. The largest absolute Gasteiger partial charge is 0.343 e. The molecule has 0 radical (unpaired) electrons. The van der Waals surface area contributed by atoms with Crippen LogP contribution in [-0.4, -0.2) is 36.5 Å². The number of nitrogens with one attached hydrogen (secondary N) is 1. The van der Waals surface area contributed by atoms with Crippen LogP contribution in [0, 0.1) is 5.92 Å². The van der Waals surface area contributed by atoms with Crippen molar-refractivity contribution in [3.8, 4) is 0 Å². The molecule has 2 aromatic rings. The quantitative estimate of drug-likeness (QED) is 0.741. The molecule has 148 valence electrons. The Morgan fingerprint density at radius 2 is 1.57 bits per heavy atom. The normalized spacial score (nSPS) is 18.8. The summed E-state index contributed by atoms with van der Waals surface area (Å²) in [5, 5.41) is 3.70. The average molecular weight is 377 g/mol. The first-order chi connectivity index (χ1) is 13.8. The van der Waals surface area contributed by atoms with Crippen molar-refractivity contribution < 1.29 is 4.79 Å².